The summed E-state index contributed by atoms with van der Waals surface area (Å²) >= 11 is 0. The summed E-state index contributed by atoms with van der Waals surface area (Å²) < 4.78 is 32.4. The Balaban J connectivity index is 2.75. The third-order valence-corrected chi connectivity index (χ3v) is 4.88. The van der Waals surface area contributed by atoms with Crippen LogP contribution in [0.2, 0.25) is 0 Å². The Morgan fingerprint density at radius 3 is 2.11 bits per heavy atom. The molecule has 27 heavy (non-hydrogen) atoms. The monoisotopic (exact) mass is 389 g/mol. The van der Waals surface area contributed by atoms with Gasteiger partial charge in [0.05, 0.1) is 5.56 Å². The minimum atomic E-state index is -4.66. The summed E-state index contributed by atoms with van der Waals surface area (Å²) in [6.45, 7) is 1.89. The quantitative estimate of drug-likeness (QED) is 0.444. The summed E-state index contributed by atoms with van der Waals surface area (Å²) in [6, 6.07) is 11.5. The zero-order valence-corrected chi connectivity index (χ0v) is 15.8. The molecule has 0 atom stereocenters. The molecule has 0 saturated heterocycles. The third-order valence-electron chi connectivity index (χ3n) is 3.86. The van der Waals surface area contributed by atoms with Gasteiger partial charge in [0.2, 0.25) is 0 Å². The summed E-state index contributed by atoms with van der Waals surface area (Å²) in [6.07, 6.45) is 0.717. The molecule has 0 saturated carbocycles. The minimum Gasteiger partial charge on any atom is -0.478 e. The summed E-state index contributed by atoms with van der Waals surface area (Å²) in [7, 11) is -1.98. The fraction of sp³-hybridized carbons (Fsp3) is 0.158. The van der Waals surface area contributed by atoms with E-state index in [1.807, 2.05) is 19.1 Å². The summed E-state index contributed by atoms with van der Waals surface area (Å²) in [4.78, 5) is 25.5. The van der Waals surface area contributed by atoms with Gasteiger partial charge in [-0.3, -0.25) is 9.35 Å². The zero-order chi connectivity index (χ0) is 20.4. The summed E-state index contributed by atoms with van der Waals surface area (Å²) in [5, 5.41) is 8.85. The highest BCUT2D eigenvalue weighted by molar-refractivity contribution is 7.89. The number of carboxylic acid groups (broad SMARTS) is 1. The first-order valence-electron chi connectivity index (χ1n) is 7.86. The second-order valence-electron chi connectivity index (χ2n) is 6.12. The van der Waals surface area contributed by atoms with Crippen molar-refractivity contribution in [2.75, 3.05) is 14.1 Å². The van der Waals surface area contributed by atoms with Gasteiger partial charge in [-0.2, -0.15) is 8.42 Å². The van der Waals surface area contributed by atoms with Crippen molar-refractivity contribution in [3.8, 4) is 11.1 Å². The first-order chi connectivity index (χ1) is 12.5. The van der Waals surface area contributed by atoms with E-state index in [0.717, 1.165) is 16.5 Å². The number of carboxylic acids is 1. The molecule has 0 aliphatic rings. The van der Waals surface area contributed by atoms with Crippen LogP contribution in [0.25, 0.3) is 11.1 Å². The fourth-order valence-corrected chi connectivity index (χ4v) is 3.31. The van der Waals surface area contributed by atoms with E-state index in [1.165, 1.54) is 26.2 Å². The van der Waals surface area contributed by atoms with Gasteiger partial charge in [-0.1, -0.05) is 42.0 Å². The van der Waals surface area contributed by atoms with Crippen LogP contribution in [-0.4, -0.2) is 48.8 Å². The highest BCUT2D eigenvalue weighted by Gasteiger charge is 2.24. The van der Waals surface area contributed by atoms with Crippen molar-refractivity contribution in [1.82, 2.24) is 4.90 Å². The van der Waals surface area contributed by atoms with Crippen LogP contribution < -0.4 is 0 Å². The van der Waals surface area contributed by atoms with Gasteiger partial charge >= 0.3 is 16.1 Å². The number of allylic oxidation sites excluding steroid dienone is 1. The van der Waals surface area contributed by atoms with E-state index < -0.39 is 26.9 Å². The average molecular weight is 389 g/mol. The first-order valence-corrected chi connectivity index (χ1v) is 9.30. The maximum Gasteiger partial charge on any atom is 0.336 e. The standard InChI is InChI=1S/C19H19NO6S/c1-12-7-9-13(10-8-12)14-5-4-6-15(19(22)23)18(14)16(21)11-17(20(2)3)27(24,25)26/h4-11H,1-3H3,(H,22,23)(H,24,25,26). The van der Waals surface area contributed by atoms with Crippen molar-refractivity contribution in [2.24, 2.45) is 0 Å². The lowest BCUT2D eigenvalue weighted by Gasteiger charge is -2.15. The third kappa shape index (κ3) is 4.60. The fourth-order valence-electron chi connectivity index (χ4n) is 2.59. The molecule has 2 rings (SSSR count). The number of ketones is 1. The van der Waals surface area contributed by atoms with Gasteiger partial charge in [-0.05, 0) is 24.1 Å². The molecule has 0 fully saturated rings. The number of nitrogens with zero attached hydrogens (tertiary/aromatic N) is 1. The van der Waals surface area contributed by atoms with Gasteiger partial charge in [0, 0.05) is 25.7 Å². The van der Waals surface area contributed by atoms with E-state index in [-0.39, 0.29) is 11.1 Å². The van der Waals surface area contributed by atoms with Crippen LogP contribution in [0.3, 0.4) is 0 Å². The van der Waals surface area contributed by atoms with Crippen molar-refractivity contribution < 1.29 is 27.7 Å². The van der Waals surface area contributed by atoms with Crippen LogP contribution in [-0.2, 0) is 10.1 Å². The second-order valence-corrected chi connectivity index (χ2v) is 7.48. The van der Waals surface area contributed by atoms with Gasteiger partial charge < -0.3 is 10.0 Å². The van der Waals surface area contributed by atoms with E-state index in [9.17, 15) is 27.7 Å². The molecule has 0 spiro atoms. The molecule has 0 aliphatic carbocycles. The van der Waals surface area contributed by atoms with Crippen molar-refractivity contribution in [1.29, 1.82) is 0 Å². The Labute approximate surface area is 157 Å². The maximum atomic E-state index is 12.9. The lowest BCUT2D eigenvalue weighted by Crippen LogP contribution is -2.21. The normalized spacial score (nSPS) is 11.9. The molecule has 2 aromatic rings. The van der Waals surface area contributed by atoms with Crippen molar-refractivity contribution in [2.45, 2.75) is 6.92 Å². The van der Waals surface area contributed by atoms with E-state index in [4.69, 9.17) is 0 Å². The van der Waals surface area contributed by atoms with Crippen LogP contribution in [0.5, 0.6) is 0 Å². The van der Waals surface area contributed by atoms with Gasteiger partial charge in [-0.25, -0.2) is 4.79 Å². The molecule has 0 heterocycles. The number of aromatic carboxylic acids is 1. The van der Waals surface area contributed by atoms with Crippen molar-refractivity contribution >= 4 is 21.9 Å². The summed E-state index contributed by atoms with van der Waals surface area (Å²) in [5.74, 6) is -2.16. The van der Waals surface area contributed by atoms with Crippen molar-refractivity contribution in [3.63, 3.8) is 0 Å². The molecule has 8 heteroatoms. The Kier molecular flexibility index (Phi) is 5.82. The Morgan fingerprint density at radius 2 is 1.63 bits per heavy atom. The predicted molar refractivity (Wildman–Crippen MR) is 101 cm³/mol. The van der Waals surface area contributed by atoms with E-state index >= 15 is 0 Å². The van der Waals surface area contributed by atoms with Crippen LogP contribution in [0.15, 0.2) is 53.6 Å². The van der Waals surface area contributed by atoms with Crippen LogP contribution in [0, 0.1) is 6.92 Å². The molecule has 0 aromatic heterocycles. The smallest absolute Gasteiger partial charge is 0.336 e. The minimum absolute atomic E-state index is 0.156. The van der Waals surface area contributed by atoms with Gasteiger partial charge in [0.1, 0.15) is 0 Å². The van der Waals surface area contributed by atoms with E-state index in [2.05, 4.69) is 0 Å². The number of aryl methyl sites for hydroxylation is 1. The zero-order valence-electron chi connectivity index (χ0n) is 15.0. The molecular weight excluding hydrogens is 370 g/mol. The van der Waals surface area contributed by atoms with E-state index in [0.29, 0.717) is 11.1 Å². The van der Waals surface area contributed by atoms with Crippen molar-refractivity contribution in [3.05, 3.63) is 70.3 Å². The maximum absolute atomic E-state index is 12.9. The SMILES string of the molecule is Cc1ccc(-c2cccc(C(=O)O)c2C(=O)C=C(N(C)C)S(=O)(=O)O)cc1. The highest BCUT2D eigenvalue weighted by Crippen LogP contribution is 2.28. The molecule has 2 aromatic carbocycles. The molecule has 142 valence electrons. The molecule has 0 aliphatic heterocycles. The molecule has 0 amide bonds. The Bertz CT molecular complexity index is 1020. The topological polar surface area (TPSA) is 112 Å². The Morgan fingerprint density at radius 1 is 1.04 bits per heavy atom. The average Bonchev–Trinajstić information content (AvgIpc) is 2.58. The lowest BCUT2D eigenvalue weighted by atomic mass is 9.92. The number of carbonyl (C=O) groups excluding carboxylic acids is 1. The number of carbonyl (C=O) groups is 2. The largest absolute Gasteiger partial charge is 0.478 e. The predicted octanol–water partition coefficient (Wildman–Crippen LogP) is 2.83. The lowest BCUT2D eigenvalue weighted by molar-refractivity contribution is 0.0693. The van der Waals surface area contributed by atoms with Crippen LogP contribution in [0.1, 0.15) is 26.3 Å². The number of rotatable bonds is 6. The summed E-state index contributed by atoms with van der Waals surface area (Å²) in [5.41, 5.74) is 1.53. The number of hydrogen-bond donors (Lipinski definition) is 2. The highest BCUT2D eigenvalue weighted by atomic mass is 32.2. The molecule has 7 nitrogen and oxygen atoms in total. The Hall–Kier alpha value is -2.97. The van der Waals surface area contributed by atoms with Gasteiger partial charge in [0.25, 0.3) is 0 Å². The number of hydrogen-bond acceptors (Lipinski definition) is 5. The second kappa shape index (κ2) is 7.73. The number of benzene rings is 2. The van der Waals surface area contributed by atoms with Crippen LogP contribution in [0.4, 0.5) is 0 Å². The van der Waals surface area contributed by atoms with E-state index in [1.54, 1.807) is 18.2 Å². The molecule has 0 radical (unpaired) electrons. The van der Waals surface area contributed by atoms with Gasteiger partial charge in [0.15, 0.2) is 10.8 Å². The first kappa shape index (κ1) is 20.3. The molecule has 0 bridgehead atoms. The molecule has 0 unspecified atom stereocenters. The van der Waals surface area contributed by atoms with Crippen LogP contribution >= 0.6 is 0 Å². The molecular formula is C19H19NO6S. The molecule has 2 N–H and O–H groups in total. The van der Waals surface area contributed by atoms with Gasteiger partial charge in [-0.15, -0.1) is 0 Å².